The van der Waals surface area contributed by atoms with E-state index in [1.54, 1.807) is 32.0 Å². The average molecular weight is 492 g/mol. The molecule has 1 atom stereocenters. The molecule has 4 aromatic rings. The van der Waals surface area contributed by atoms with E-state index in [0.717, 1.165) is 5.56 Å². The van der Waals surface area contributed by atoms with Crippen LogP contribution in [-0.2, 0) is 0 Å². The lowest BCUT2D eigenvalue weighted by molar-refractivity contribution is 0.0691. The van der Waals surface area contributed by atoms with Crippen LogP contribution in [0.4, 0.5) is 10.1 Å². The summed E-state index contributed by atoms with van der Waals surface area (Å²) < 4.78 is 21.1. The number of benzene rings is 2. The molecule has 0 saturated carbocycles. The van der Waals surface area contributed by atoms with Gasteiger partial charge in [-0.3, -0.25) is 4.79 Å². The number of hydrogen-bond acceptors (Lipinski definition) is 6. The third-order valence-electron chi connectivity index (χ3n) is 5.66. The Morgan fingerprint density at radius 3 is 2.69 bits per heavy atom. The minimum Gasteiger partial charge on any atom is -0.476 e. The SMILES string of the molecule is Cc1cc(C(C)Nc2ccc(Cl)nc2C(=O)O)c2oc(-c3cccc(C#N)c3F)c(C)c(=O)c2c1. The average Bonchev–Trinajstić information content (AvgIpc) is 2.82. The largest absolute Gasteiger partial charge is 0.476 e. The van der Waals surface area contributed by atoms with Crippen LogP contribution in [0, 0.1) is 31.0 Å². The molecule has 9 heteroatoms. The molecule has 0 aliphatic carbocycles. The molecular weight excluding hydrogens is 473 g/mol. The van der Waals surface area contributed by atoms with Gasteiger partial charge in [-0.25, -0.2) is 14.2 Å². The highest BCUT2D eigenvalue weighted by Gasteiger charge is 2.22. The smallest absolute Gasteiger partial charge is 0.356 e. The number of hydrogen-bond donors (Lipinski definition) is 2. The Morgan fingerprint density at radius 1 is 1.26 bits per heavy atom. The van der Waals surface area contributed by atoms with Crippen molar-refractivity contribution in [3.63, 3.8) is 0 Å². The van der Waals surface area contributed by atoms with E-state index in [0.29, 0.717) is 10.9 Å². The lowest BCUT2D eigenvalue weighted by Crippen LogP contribution is -2.15. The summed E-state index contributed by atoms with van der Waals surface area (Å²) in [6, 6.07) is 12.0. The van der Waals surface area contributed by atoms with Crippen LogP contribution >= 0.6 is 11.6 Å². The molecule has 2 N–H and O–H groups in total. The molecule has 2 heterocycles. The number of carboxylic acids is 1. The first-order chi connectivity index (χ1) is 16.6. The van der Waals surface area contributed by atoms with Crippen molar-refractivity contribution in [1.29, 1.82) is 5.26 Å². The monoisotopic (exact) mass is 491 g/mol. The van der Waals surface area contributed by atoms with Gasteiger partial charge in [-0.05, 0) is 56.7 Å². The summed E-state index contributed by atoms with van der Waals surface area (Å²) in [5.41, 5.74) is 1.25. The number of fused-ring (bicyclic) bond motifs is 1. The zero-order valence-electron chi connectivity index (χ0n) is 18.9. The Labute approximate surface area is 204 Å². The summed E-state index contributed by atoms with van der Waals surface area (Å²) in [4.78, 5) is 28.8. The molecule has 2 aromatic heterocycles. The summed E-state index contributed by atoms with van der Waals surface area (Å²) in [5, 5.41) is 22.2. The highest BCUT2D eigenvalue weighted by Crippen LogP contribution is 2.34. The number of nitrogens with one attached hydrogen (secondary N) is 1. The Morgan fingerprint density at radius 2 is 2.00 bits per heavy atom. The van der Waals surface area contributed by atoms with Crippen molar-refractivity contribution in [2.24, 2.45) is 0 Å². The predicted octanol–water partition coefficient (Wildman–Crippen LogP) is 6.01. The van der Waals surface area contributed by atoms with Crippen LogP contribution in [0.1, 0.15) is 45.7 Å². The molecular formula is C26H19ClFN3O4. The van der Waals surface area contributed by atoms with Crippen LogP contribution in [0.25, 0.3) is 22.3 Å². The van der Waals surface area contributed by atoms with E-state index in [2.05, 4.69) is 10.3 Å². The van der Waals surface area contributed by atoms with Crippen LogP contribution in [-0.4, -0.2) is 16.1 Å². The molecule has 0 spiro atoms. The molecule has 0 aliphatic rings. The molecule has 0 bridgehead atoms. The number of rotatable bonds is 5. The molecule has 0 fully saturated rings. The van der Waals surface area contributed by atoms with Crippen molar-refractivity contribution < 1.29 is 18.7 Å². The van der Waals surface area contributed by atoms with Crippen molar-refractivity contribution in [1.82, 2.24) is 4.98 Å². The van der Waals surface area contributed by atoms with Crippen LogP contribution in [0.15, 0.2) is 51.7 Å². The van der Waals surface area contributed by atoms with Gasteiger partial charge >= 0.3 is 5.97 Å². The molecule has 4 rings (SSSR count). The zero-order chi connectivity index (χ0) is 25.4. The Kier molecular flexibility index (Phi) is 6.29. The number of aromatic nitrogens is 1. The van der Waals surface area contributed by atoms with E-state index in [1.165, 1.54) is 30.3 Å². The topological polar surface area (TPSA) is 116 Å². The van der Waals surface area contributed by atoms with Crippen molar-refractivity contribution in [2.45, 2.75) is 26.8 Å². The van der Waals surface area contributed by atoms with Gasteiger partial charge in [-0.2, -0.15) is 5.26 Å². The van der Waals surface area contributed by atoms with E-state index in [1.807, 2.05) is 6.92 Å². The fraction of sp³-hybridized carbons (Fsp3) is 0.154. The summed E-state index contributed by atoms with van der Waals surface area (Å²) >= 11 is 5.85. The molecule has 0 saturated heterocycles. The number of aromatic carboxylic acids is 1. The van der Waals surface area contributed by atoms with Crippen molar-refractivity contribution >= 4 is 34.2 Å². The van der Waals surface area contributed by atoms with Crippen molar-refractivity contribution in [3.05, 3.63) is 91.6 Å². The van der Waals surface area contributed by atoms with Gasteiger partial charge in [0, 0.05) is 11.1 Å². The maximum Gasteiger partial charge on any atom is 0.356 e. The minimum atomic E-state index is -1.26. The minimum absolute atomic E-state index is 0.00255. The molecule has 176 valence electrons. The molecule has 0 radical (unpaired) electrons. The standard InChI is InChI=1S/C26H19ClFN3O4/c1-12-9-17(14(3)30-19-7-8-20(27)31-22(19)26(33)34)25-18(10-12)23(32)13(2)24(35-25)16-6-4-5-15(11-29)21(16)28/h4-10,14,30H,1-3H3,(H,33,34). The third-order valence-corrected chi connectivity index (χ3v) is 5.87. The second-order valence-electron chi connectivity index (χ2n) is 8.10. The number of carbonyl (C=O) groups is 1. The maximum atomic E-state index is 15.0. The molecule has 2 aromatic carbocycles. The zero-order valence-corrected chi connectivity index (χ0v) is 19.7. The van der Waals surface area contributed by atoms with E-state index < -0.39 is 17.8 Å². The highest BCUT2D eigenvalue weighted by molar-refractivity contribution is 6.29. The number of carboxylic acid groups (broad SMARTS) is 1. The number of nitrogens with zero attached hydrogens (tertiary/aromatic N) is 2. The summed E-state index contributed by atoms with van der Waals surface area (Å²) in [5.74, 6) is -2.01. The lowest BCUT2D eigenvalue weighted by Gasteiger charge is -2.19. The number of pyridine rings is 1. The quantitative estimate of drug-likeness (QED) is 0.328. The van der Waals surface area contributed by atoms with Gasteiger partial charge in [0.15, 0.2) is 16.9 Å². The molecule has 7 nitrogen and oxygen atoms in total. The first-order valence-electron chi connectivity index (χ1n) is 10.6. The van der Waals surface area contributed by atoms with Gasteiger partial charge in [0.1, 0.15) is 22.6 Å². The number of aryl methyl sites for hydroxylation is 1. The van der Waals surface area contributed by atoms with Crippen LogP contribution in [0.2, 0.25) is 5.15 Å². The van der Waals surface area contributed by atoms with Gasteiger partial charge in [-0.1, -0.05) is 23.7 Å². The number of halogens is 2. The fourth-order valence-electron chi connectivity index (χ4n) is 3.97. The first kappa shape index (κ1) is 23.9. The second-order valence-corrected chi connectivity index (χ2v) is 8.48. The normalized spacial score (nSPS) is 11.8. The number of anilines is 1. The molecule has 0 aliphatic heterocycles. The summed E-state index contributed by atoms with van der Waals surface area (Å²) in [6.45, 7) is 5.13. The van der Waals surface area contributed by atoms with Gasteiger partial charge in [0.25, 0.3) is 0 Å². The Hall–Kier alpha value is -4.22. The molecule has 0 amide bonds. The van der Waals surface area contributed by atoms with E-state index >= 15 is 0 Å². The second kappa shape index (κ2) is 9.20. The Balaban J connectivity index is 1.93. The van der Waals surface area contributed by atoms with Crippen LogP contribution in [0.3, 0.4) is 0 Å². The van der Waals surface area contributed by atoms with Crippen LogP contribution in [0.5, 0.6) is 0 Å². The maximum absolute atomic E-state index is 15.0. The van der Waals surface area contributed by atoms with Crippen molar-refractivity contribution in [3.8, 4) is 17.4 Å². The number of nitriles is 1. The lowest BCUT2D eigenvalue weighted by atomic mass is 9.98. The van der Waals surface area contributed by atoms with Gasteiger partial charge in [0.2, 0.25) is 0 Å². The van der Waals surface area contributed by atoms with Gasteiger partial charge in [-0.15, -0.1) is 0 Å². The van der Waals surface area contributed by atoms with E-state index in [9.17, 15) is 24.3 Å². The van der Waals surface area contributed by atoms with E-state index in [-0.39, 0.29) is 50.0 Å². The van der Waals surface area contributed by atoms with E-state index in [4.69, 9.17) is 16.0 Å². The fourth-order valence-corrected chi connectivity index (χ4v) is 4.11. The molecule has 1 unspecified atom stereocenters. The highest BCUT2D eigenvalue weighted by atomic mass is 35.5. The third kappa shape index (κ3) is 4.34. The predicted molar refractivity (Wildman–Crippen MR) is 130 cm³/mol. The van der Waals surface area contributed by atoms with Crippen LogP contribution < -0.4 is 10.7 Å². The molecule has 35 heavy (non-hydrogen) atoms. The van der Waals surface area contributed by atoms with Gasteiger partial charge in [0.05, 0.1) is 28.2 Å². The van der Waals surface area contributed by atoms with Crippen molar-refractivity contribution in [2.75, 3.05) is 5.32 Å². The summed E-state index contributed by atoms with van der Waals surface area (Å²) in [6.07, 6.45) is 0. The first-order valence-corrected chi connectivity index (χ1v) is 10.9. The summed E-state index contributed by atoms with van der Waals surface area (Å²) in [7, 11) is 0. The van der Waals surface area contributed by atoms with Gasteiger partial charge < -0.3 is 14.8 Å². The Bertz CT molecular complexity index is 1610.